The van der Waals surface area contributed by atoms with Crippen molar-refractivity contribution < 1.29 is 4.74 Å². The third-order valence-corrected chi connectivity index (χ3v) is 3.48. The largest absolute Gasteiger partial charge is 0.496 e. The number of aryl methyl sites for hydroxylation is 2. The molecule has 20 heavy (non-hydrogen) atoms. The monoisotopic (exact) mass is 273 g/mol. The molecule has 0 aliphatic rings. The SMILES string of the molecule is CCNC(Cc1cnn(C)c1)c1ccc(C)c(OC)c1. The summed E-state index contributed by atoms with van der Waals surface area (Å²) in [7, 11) is 3.66. The Bertz CT molecular complexity index is 563. The highest BCUT2D eigenvalue weighted by Crippen LogP contribution is 2.25. The smallest absolute Gasteiger partial charge is 0.122 e. The maximum Gasteiger partial charge on any atom is 0.122 e. The van der Waals surface area contributed by atoms with Gasteiger partial charge in [0.15, 0.2) is 0 Å². The molecule has 0 saturated heterocycles. The third kappa shape index (κ3) is 3.39. The number of rotatable bonds is 6. The quantitative estimate of drug-likeness (QED) is 0.879. The number of methoxy groups -OCH3 is 1. The lowest BCUT2D eigenvalue weighted by molar-refractivity contribution is 0.410. The predicted octanol–water partition coefficient (Wildman–Crippen LogP) is 2.63. The summed E-state index contributed by atoms with van der Waals surface area (Å²) >= 11 is 0. The fraction of sp³-hybridized carbons (Fsp3) is 0.438. The first-order valence-electron chi connectivity index (χ1n) is 6.99. The summed E-state index contributed by atoms with van der Waals surface area (Å²) in [4.78, 5) is 0. The van der Waals surface area contributed by atoms with Crippen LogP contribution in [0.4, 0.5) is 0 Å². The van der Waals surface area contributed by atoms with Crippen molar-refractivity contribution in [2.24, 2.45) is 7.05 Å². The van der Waals surface area contributed by atoms with E-state index in [0.29, 0.717) is 0 Å². The second-order valence-corrected chi connectivity index (χ2v) is 5.07. The van der Waals surface area contributed by atoms with Crippen LogP contribution in [0.3, 0.4) is 0 Å². The number of nitrogens with one attached hydrogen (secondary N) is 1. The third-order valence-electron chi connectivity index (χ3n) is 3.48. The van der Waals surface area contributed by atoms with Crippen LogP contribution in [-0.2, 0) is 13.5 Å². The average molecular weight is 273 g/mol. The summed E-state index contributed by atoms with van der Waals surface area (Å²) < 4.78 is 7.27. The van der Waals surface area contributed by atoms with Gasteiger partial charge in [0.25, 0.3) is 0 Å². The summed E-state index contributed by atoms with van der Waals surface area (Å²) in [5, 5.41) is 7.77. The molecular weight excluding hydrogens is 250 g/mol. The molecule has 1 unspecified atom stereocenters. The van der Waals surface area contributed by atoms with Crippen LogP contribution in [0.25, 0.3) is 0 Å². The molecule has 108 valence electrons. The zero-order valence-corrected chi connectivity index (χ0v) is 12.7. The Hall–Kier alpha value is -1.81. The second kappa shape index (κ2) is 6.57. The first-order chi connectivity index (χ1) is 9.63. The van der Waals surface area contributed by atoms with Gasteiger partial charge in [-0.3, -0.25) is 4.68 Å². The molecule has 0 aliphatic carbocycles. The molecular formula is C16H23N3O. The first kappa shape index (κ1) is 14.6. The van der Waals surface area contributed by atoms with Gasteiger partial charge in [-0.25, -0.2) is 0 Å². The van der Waals surface area contributed by atoms with Gasteiger partial charge in [0.05, 0.1) is 13.3 Å². The van der Waals surface area contributed by atoms with E-state index in [-0.39, 0.29) is 6.04 Å². The fourth-order valence-corrected chi connectivity index (χ4v) is 2.42. The van der Waals surface area contributed by atoms with Crippen molar-refractivity contribution in [3.8, 4) is 5.75 Å². The number of likely N-dealkylation sites (N-methyl/N-ethyl adjacent to an activating group) is 1. The van der Waals surface area contributed by atoms with Crippen LogP contribution >= 0.6 is 0 Å². The minimum atomic E-state index is 0.277. The van der Waals surface area contributed by atoms with E-state index in [4.69, 9.17) is 4.74 Å². The predicted molar refractivity (Wildman–Crippen MR) is 81.1 cm³/mol. The van der Waals surface area contributed by atoms with Crippen LogP contribution < -0.4 is 10.1 Å². The van der Waals surface area contributed by atoms with E-state index in [0.717, 1.165) is 24.3 Å². The van der Waals surface area contributed by atoms with Crippen molar-refractivity contribution >= 4 is 0 Å². The average Bonchev–Trinajstić information content (AvgIpc) is 2.84. The normalized spacial score (nSPS) is 12.4. The Morgan fingerprint density at radius 3 is 2.80 bits per heavy atom. The molecule has 2 rings (SSSR count). The van der Waals surface area contributed by atoms with Crippen molar-refractivity contribution in [2.75, 3.05) is 13.7 Å². The standard InChI is InChI=1S/C16H23N3O/c1-5-17-15(8-13-10-18-19(3)11-13)14-7-6-12(2)16(9-14)20-4/h6-7,9-11,15,17H,5,8H2,1-4H3. The molecule has 1 heterocycles. The van der Waals surface area contributed by atoms with Gasteiger partial charge in [-0.05, 0) is 42.6 Å². The van der Waals surface area contributed by atoms with Crippen LogP contribution in [0.1, 0.15) is 29.7 Å². The lowest BCUT2D eigenvalue weighted by atomic mass is 9.99. The highest BCUT2D eigenvalue weighted by atomic mass is 16.5. The van der Waals surface area contributed by atoms with Gasteiger partial charge in [0, 0.05) is 19.3 Å². The number of hydrogen-bond acceptors (Lipinski definition) is 3. The van der Waals surface area contributed by atoms with Crippen LogP contribution in [0, 0.1) is 6.92 Å². The van der Waals surface area contributed by atoms with Gasteiger partial charge < -0.3 is 10.1 Å². The Balaban J connectivity index is 2.23. The molecule has 0 radical (unpaired) electrons. The van der Waals surface area contributed by atoms with E-state index in [2.05, 4.69) is 48.7 Å². The molecule has 0 fully saturated rings. The van der Waals surface area contributed by atoms with E-state index in [9.17, 15) is 0 Å². The summed E-state index contributed by atoms with van der Waals surface area (Å²) in [5.41, 5.74) is 3.64. The Labute approximate surface area is 120 Å². The molecule has 0 saturated carbocycles. The molecule has 0 bridgehead atoms. The number of nitrogens with zero attached hydrogens (tertiary/aromatic N) is 2. The van der Waals surface area contributed by atoms with Crippen molar-refractivity contribution in [1.29, 1.82) is 0 Å². The Morgan fingerprint density at radius 2 is 2.20 bits per heavy atom. The zero-order valence-electron chi connectivity index (χ0n) is 12.7. The Morgan fingerprint density at radius 1 is 1.40 bits per heavy atom. The molecule has 4 nitrogen and oxygen atoms in total. The van der Waals surface area contributed by atoms with Crippen molar-refractivity contribution in [2.45, 2.75) is 26.3 Å². The van der Waals surface area contributed by atoms with Gasteiger partial charge in [-0.1, -0.05) is 19.1 Å². The molecule has 1 atom stereocenters. The van der Waals surface area contributed by atoms with Gasteiger partial charge in [-0.2, -0.15) is 5.10 Å². The molecule has 4 heteroatoms. The molecule has 1 aromatic carbocycles. The molecule has 0 amide bonds. The van der Waals surface area contributed by atoms with Crippen molar-refractivity contribution in [3.63, 3.8) is 0 Å². The van der Waals surface area contributed by atoms with Crippen LogP contribution in [0.2, 0.25) is 0 Å². The molecule has 2 aromatic rings. The zero-order chi connectivity index (χ0) is 14.5. The minimum absolute atomic E-state index is 0.277. The summed E-state index contributed by atoms with van der Waals surface area (Å²) in [5.74, 6) is 0.941. The topological polar surface area (TPSA) is 39.1 Å². The lowest BCUT2D eigenvalue weighted by Crippen LogP contribution is -2.23. The van der Waals surface area contributed by atoms with Crippen molar-refractivity contribution in [3.05, 3.63) is 47.3 Å². The number of aromatic nitrogens is 2. The van der Waals surface area contributed by atoms with Gasteiger partial charge in [-0.15, -0.1) is 0 Å². The minimum Gasteiger partial charge on any atom is -0.496 e. The summed E-state index contributed by atoms with van der Waals surface area (Å²) in [6.07, 6.45) is 4.92. The van der Waals surface area contributed by atoms with E-state index in [1.165, 1.54) is 11.1 Å². The molecule has 1 aromatic heterocycles. The van der Waals surface area contributed by atoms with Crippen LogP contribution in [0.15, 0.2) is 30.6 Å². The summed E-state index contributed by atoms with van der Waals surface area (Å²) in [6, 6.07) is 6.68. The van der Waals surface area contributed by atoms with Crippen LogP contribution in [0.5, 0.6) is 5.75 Å². The number of benzene rings is 1. The maximum atomic E-state index is 5.42. The van der Waals surface area contributed by atoms with Gasteiger partial charge in [0.1, 0.15) is 5.75 Å². The van der Waals surface area contributed by atoms with E-state index in [1.807, 2.05) is 17.9 Å². The summed E-state index contributed by atoms with van der Waals surface area (Å²) in [6.45, 7) is 5.12. The van der Waals surface area contributed by atoms with E-state index < -0.39 is 0 Å². The van der Waals surface area contributed by atoms with Gasteiger partial charge in [0.2, 0.25) is 0 Å². The molecule has 0 spiro atoms. The first-order valence-corrected chi connectivity index (χ1v) is 6.99. The number of ether oxygens (including phenoxy) is 1. The van der Waals surface area contributed by atoms with E-state index in [1.54, 1.807) is 7.11 Å². The highest BCUT2D eigenvalue weighted by molar-refractivity contribution is 5.38. The second-order valence-electron chi connectivity index (χ2n) is 5.07. The van der Waals surface area contributed by atoms with Gasteiger partial charge >= 0.3 is 0 Å². The number of hydrogen-bond donors (Lipinski definition) is 1. The Kier molecular flexibility index (Phi) is 4.79. The highest BCUT2D eigenvalue weighted by Gasteiger charge is 2.13. The van der Waals surface area contributed by atoms with Crippen molar-refractivity contribution in [1.82, 2.24) is 15.1 Å². The fourth-order valence-electron chi connectivity index (χ4n) is 2.42. The van der Waals surface area contributed by atoms with Crippen LogP contribution in [-0.4, -0.2) is 23.4 Å². The lowest BCUT2D eigenvalue weighted by Gasteiger charge is -2.19. The molecule has 1 N–H and O–H groups in total. The molecule has 0 aliphatic heterocycles. The maximum absolute atomic E-state index is 5.42. The van der Waals surface area contributed by atoms with E-state index >= 15 is 0 Å².